The number of sulfone groups is 1. The molecule has 57 heavy (non-hydrogen) atoms. The zero-order valence-corrected chi connectivity index (χ0v) is 34.7. The number of nitrogens with zero attached hydrogens (tertiary/aromatic N) is 6. The second-order valence-electron chi connectivity index (χ2n) is 17.0. The monoisotopic (exact) mass is 803 g/mol. The van der Waals surface area contributed by atoms with E-state index < -0.39 is 44.5 Å². The molecule has 4 aromatic rings. The number of aromatic nitrogens is 4. The molecule has 0 bridgehead atoms. The van der Waals surface area contributed by atoms with Crippen LogP contribution in [0.4, 0.5) is 32.7 Å². The van der Waals surface area contributed by atoms with Crippen LogP contribution in [0.1, 0.15) is 90.6 Å². The first-order chi connectivity index (χ1) is 26.7. The first kappa shape index (κ1) is 39.8. The third kappa shape index (κ3) is 7.32. The summed E-state index contributed by atoms with van der Waals surface area (Å²) in [5.41, 5.74) is -0.494. The molecule has 1 spiro atoms. The molecule has 1 N–H and O–H groups in total. The van der Waals surface area contributed by atoms with Gasteiger partial charge in [-0.15, -0.1) is 5.10 Å². The Balaban J connectivity index is 1.31. The van der Waals surface area contributed by atoms with Gasteiger partial charge in [0, 0.05) is 30.3 Å². The number of ether oxygens (including phenoxy) is 4. The van der Waals surface area contributed by atoms with Gasteiger partial charge in [-0.3, -0.25) is 4.79 Å². The highest BCUT2D eigenvalue weighted by atomic mass is 32.2. The van der Waals surface area contributed by atoms with Crippen molar-refractivity contribution in [3.63, 3.8) is 0 Å². The van der Waals surface area contributed by atoms with Crippen LogP contribution in [0, 0.1) is 0 Å². The molecular weight excluding hydrogens is 755 g/mol. The molecule has 2 aromatic heterocycles. The SMILES string of the molecule is COc1ccc2c(c1)[C@]1(C[C@H]1c1ccc3c(Nc4nc(C(C)C)nc(N5CCS(=O)(=O)CC5)c4OC)nn(C(=O)OC(C)(C)C)c3c1)C(=O)N2C(=O)OC(C)(C)C. The normalized spacial score (nSPS) is 20.2. The summed E-state index contributed by atoms with van der Waals surface area (Å²) in [6, 6.07) is 10.7. The van der Waals surface area contributed by atoms with Gasteiger partial charge in [0.25, 0.3) is 0 Å². The van der Waals surface area contributed by atoms with E-state index in [0.717, 1.165) is 10.5 Å². The summed E-state index contributed by atoms with van der Waals surface area (Å²) in [7, 11) is -0.135. The molecule has 2 amide bonds. The smallest absolute Gasteiger partial charge is 0.435 e. The molecule has 0 unspecified atom stereocenters. The lowest BCUT2D eigenvalue weighted by atomic mass is 9.91. The van der Waals surface area contributed by atoms with Crippen LogP contribution < -0.4 is 24.6 Å². The maximum Gasteiger partial charge on any atom is 0.435 e. The Hall–Kier alpha value is -5.45. The molecule has 16 nitrogen and oxygen atoms in total. The van der Waals surface area contributed by atoms with Gasteiger partial charge in [-0.1, -0.05) is 19.9 Å². The van der Waals surface area contributed by atoms with Crippen LogP contribution in [-0.2, 0) is 29.5 Å². The summed E-state index contributed by atoms with van der Waals surface area (Å²) in [5.74, 6) is 1.45. The van der Waals surface area contributed by atoms with Crippen LogP contribution in [0.15, 0.2) is 36.4 Å². The Morgan fingerprint density at radius 3 is 2.18 bits per heavy atom. The van der Waals surface area contributed by atoms with E-state index in [1.807, 2.05) is 36.9 Å². The number of methoxy groups -OCH3 is 2. The molecule has 3 aliphatic rings. The average molecular weight is 804 g/mol. The van der Waals surface area contributed by atoms with Crippen molar-refractivity contribution >= 4 is 62.0 Å². The van der Waals surface area contributed by atoms with Crippen molar-refractivity contribution in [1.82, 2.24) is 19.7 Å². The fourth-order valence-corrected chi connectivity index (χ4v) is 8.63. The number of rotatable bonds is 7. The molecule has 1 saturated carbocycles. The highest BCUT2D eigenvalue weighted by molar-refractivity contribution is 7.91. The number of carbonyl (C=O) groups is 3. The molecule has 17 heteroatoms. The van der Waals surface area contributed by atoms with E-state index in [0.29, 0.717) is 51.7 Å². The van der Waals surface area contributed by atoms with Gasteiger partial charge < -0.3 is 29.2 Å². The predicted octanol–water partition coefficient (Wildman–Crippen LogP) is 6.44. The van der Waals surface area contributed by atoms with Gasteiger partial charge in [0.05, 0.1) is 42.3 Å². The van der Waals surface area contributed by atoms with E-state index >= 15 is 0 Å². The molecule has 2 atom stereocenters. The largest absolute Gasteiger partial charge is 0.497 e. The number of hydrogen-bond acceptors (Lipinski definition) is 14. The van der Waals surface area contributed by atoms with Crippen molar-refractivity contribution in [2.45, 2.75) is 90.3 Å². The van der Waals surface area contributed by atoms with E-state index in [9.17, 15) is 22.8 Å². The molecule has 4 heterocycles. The first-order valence-corrected chi connectivity index (χ1v) is 20.7. The predicted molar refractivity (Wildman–Crippen MR) is 214 cm³/mol. The van der Waals surface area contributed by atoms with Crippen LogP contribution in [0.5, 0.6) is 11.5 Å². The Morgan fingerprint density at radius 1 is 0.895 bits per heavy atom. The number of benzene rings is 2. The Labute approximate surface area is 331 Å². The summed E-state index contributed by atoms with van der Waals surface area (Å²) >= 11 is 0. The van der Waals surface area contributed by atoms with Gasteiger partial charge in [-0.25, -0.2) is 32.9 Å². The molecule has 1 aliphatic carbocycles. The highest BCUT2D eigenvalue weighted by Gasteiger charge is 2.68. The summed E-state index contributed by atoms with van der Waals surface area (Å²) in [5, 5.41) is 8.54. The minimum Gasteiger partial charge on any atom is -0.497 e. The third-order valence-corrected chi connectivity index (χ3v) is 11.8. The lowest BCUT2D eigenvalue weighted by molar-refractivity contribution is -0.120. The summed E-state index contributed by atoms with van der Waals surface area (Å²) < 4.78 is 48.5. The number of hydrogen-bond donors (Lipinski definition) is 1. The number of fused-ring (bicyclic) bond motifs is 3. The number of anilines is 4. The van der Waals surface area contributed by atoms with Crippen molar-refractivity contribution in [2.24, 2.45) is 0 Å². The average Bonchev–Trinajstić information content (AvgIpc) is 3.71. The number of amides is 2. The van der Waals surface area contributed by atoms with Crippen LogP contribution in [0.2, 0.25) is 0 Å². The van der Waals surface area contributed by atoms with Crippen LogP contribution >= 0.6 is 0 Å². The zero-order chi connectivity index (χ0) is 41.4. The Bertz CT molecular complexity index is 2400. The highest BCUT2D eigenvalue weighted by Crippen LogP contribution is 2.67. The van der Waals surface area contributed by atoms with Crippen molar-refractivity contribution in [3.8, 4) is 11.5 Å². The topological polar surface area (TPSA) is 184 Å². The molecule has 2 fully saturated rings. The minimum absolute atomic E-state index is 0.0146. The van der Waals surface area contributed by atoms with Gasteiger partial charge >= 0.3 is 12.2 Å². The van der Waals surface area contributed by atoms with E-state index in [1.54, 1.807) is 66.9 Å². The van der Waals surface area contributed by atoms with Gasteiger partial charge in [0.2, 0.25) is 11.7 Å². The van der Waals surface area contributed by atoms with Gasteiger partial charge in [-0.2, -0.15) is 4.68 Å². The summed E-state index contributed by atoms with van der Waals surface area (Å²) in [6.07, 6.45) is -1.08. The third-order valence-electron chi connectivity index (χ3n) is 10.2. The maximum absolute atomic E-state index is 14.4. The van der Waals surface area contributed by atoms with Crippen molar-refractivity contribution in [3.05, 3.63) is 53.3 Å². The molecule has 1 saturated heterocycles. The first-order valence-electron chi connectivity index (χ1n) is 18.9. The van der Waals surface area contributed by atoms with Crippen molar-refractivity contribution in [2.75, 3.05) is 53.9 Å². The standard InChI is InChI=1S/C40H49N7O9S/c1-22(2)31-41-33(30(54-10)34(43-31)45-15-17-57(51,52)18-16-45)42-32-25-13-11-23(19-29(25)47(44-32)37(50)56-39(6,7)8)27-21-40(27)26-20-24(53-9)12-14-28(26)46(35(40)48)36(49)55-38(3,4)5/h11-14,19-20,22,27H,15-18,21H2,1-10H3,(H,41,42,43,44)/t27-,40-/m0/s1. The molecule has 2 aromatic carbocycles. The number of imide groups is 1. The second kappa shape index (κ2) is 13.9. The van der Waals surface area contributed by atoms with E-state index in [-0.39, 0.29) is 48.1 Å². The van der Waals surface area contributed by atoms with Gasteiger partial charge in [0.1, 0.15) is 22.8 Å². The fraction of sp³-hybridized carbons (Fsp3) is 0.500. The van der Waals surface area contributed by atoms with Crippen molar-refractivity contribution < 1.29 is 41.7 Å². The maximum atomic E-state index is 14.4. The van der Waals surface area contributed by atoms with Gasteiger partial charge in [0.15, 0.2) is 27.3 Å². The van der Waals surface area contributed by atoms with Gasteiger partial charge in [-0.05, 0) is 89.4 Å². The Morgan fingerprint density at radius 2 is 1.56 bits per heavy atom. The van der Waals surface area contributed by atoms with Crippen LogP contribution in [-0.4, -0.2) is 96.3 Å². The lowest BCUT2D eigenvalue weighted by Crippen LogP contribution is -2.41. The Kier molecular flexibility index (Phi) is 9.69. The number of nitrogens with one attached hydrogen (secondary N) is 1. The van der Waals surface area contributed by atoms with Crippen molar-refractivity contribution in [1.29, 1.82) is 0 Å². The van der Waals surface area contributed by atoms with Crippen LogP contribution in [0.25, 0.3) is 10.9 Å². The summed E-state index contributed by atoms with van der Waals surface area (Å²) in [6.45, 7) is 14.9. The second-order valence-corrected chi connectivity index (χ2v) is 19.3. The fourth-order valence-electron chi connectivity index (χ4n) is 7.43. The quantitative estimate of drug-likeness (QED) is 0.215. The summed E-state index contributed by atoms with van der Waals surface area (Å²) in [4.78, 5) is 54.2. The molecular formula is C40H49N7O9S. The van der Waals surface area contributed by atoms with E-state index in [2.05, 4.69) is 5.32 Å². The zero-order valence-electron chi connectivity index (χ0n) is 33.9. The minimum atomic E-state index is -3.16. The lowest BCUT2D eigenvalue weighted by Gasteiger charge is -2.30. The molecule has 304 valence electrons. The van der Waals surface area contributed by atoms with Crippen LogP contribution in [0.3, 0.4) is 0 Å². The van der Waals surface area contributed by atoms with E-state index in [1.165, 1.54) is 11.8 Å². The molecule has 7 rings (SSSR count). The van der Waals surface area contributed by atoms with E-state index in [4.69, 9.17) is 34.0 Å². The molecule has 0 radical (unpaired) electrons. The molecule has 2 aliphatic heterocycles. The number of carbonyl (C=O) groups excluding carboxylic acids is 3.